The van der Waals surface area contributed by atoms with E-state index in [2.05, 4.69) is 22.6 Å². The minimum atomic E-state index is -0.904. The molecule has 1 saturated heterocycles. The molecule has 6 heteroatoms. The van der Waals surface area contributed by atoms with Gasteiger partial charge in [-0.25, -0.2) is 4.79 Å². The van der Waals surface area contributed by atoms with Crippen LogP contribution >= 0.6 is 0 Å². The van der Waals surface area contributed by atoms with Crippen molar-refractivity contribution < 1.29 is 14.7 Å². The third kappa shape index (κ3) is 7.00. The van der Waals surface area contributed by atoms with Crippen molar-refractivity contribution in [1.29, 1.82) is 0 Å². The fraction of sp³-hybridized carbons (Fsp3) is 0.846. The summed E-state index contributed by atoms with van der Waals surface area (Å²) in [6.45, 7) is 4.60. The number of carboxylic acids is 1. The summed E-state index contributed by atoms with van der Waals surface area (Å²) in [4.78, 5) is 24.3. The third-order valence-corrected chi connectivity index (χ3v) is 3.53. The summed E-state index contributed by atoms with van der Waals surface area (Å²) in [5.74, 6) is -0.216. The van der Waals surface area contributed by atoms with Crippen molar-refractivity contribution in [3.8, 4) is 0 Å². The Morgan fingerprint density at radius 2 is 2.00 bits per heavy atom. The molecule has 1 aliphatic heterocycles. The summed E-state index contributed by atoms with van der Waals surface area (Å²) in [5.41, 5.74) is 0. The molecule has 1 aliphatic rings. The lowest BCUT2D eigenvalue weighted by Gasteiger charge is -2.28. The lowest BCUT2D eigenvalue weighted by Crippen LogP contribution is -2.42. The van der Waals surface area contributed by atoms with Crippen LogP contribution in [-0.4, -0.2) is 54.7 Å². The van der Waals surface area contributed by atoms with Crippen LogP contribution in [0, 0.1) is 5.92 Å². The number of carbonyl (C=O) groups excluding carboxylic acids is 1. The second kappa shape index (κ2) is 7.99. The SMILES string of the molecule is CC(CC(=O)O)NC(=O)NCCC1CCN(C)CC1. The zero-order chi connectivity index (χ0) is 14.3. The molecule has 0 spiro atoms. The largest absolute Gasteiger partial charge is 0.481 e. The van der Waals surface area contributed by atoms with Crippen LogP contribution in [0.15, 0.2) is 0 Å². The number of hydrogen-bond donors (Lipinski definition) is 3. The average Bonchev–Trinajstić information content (AvgIpc) is 2.30. The van der Waals surface area contributed by atoms with E-state index in [-0.39, 0.29) is 18.5 Å². The highest BCUT2D eigenvalue weighted by molar-refractivity contribution is 5.75. The lowest BCUT2D eigenvalue weighted by molar-refractivity contribution is -0.137. The topological polar surface area (TPSA) is 81.7 Å². The number of urea groups is 1. The van der Waals surface area contributed by atoms with Crippen LogP contribution in [0.3, 0.4) is 0 Å². The maximum Gasteiger partial charge on any atom is 0.315 e. The summed E-state index contributed by atoms with van der Waals surface area (Å²) in [7, 11) is 2.13. The first-order valence-electron chi connectivity index (χ1n) is 6.92. The Labute approximate surface area is 114 Å². The fourth-order valence-electron chi connectivity index (χ4n) is 2.33. The Hall–Kier alpha value is -1.30. The van der Waals surface area contributed by atoms with E-state index in [9.17, 15) is 9.59 Å². The van der Waals surface area contributed by atoms with Crippen LogP contribution in [0.5, 0.6) is 0 Å². The quantitative estimate of drug-likeness (QED) is 0.670. The number of likely N-dealkylation sites (tertiary alicyclic amines) is 1. The number of carbonyl (C=O) groups is 2. The normalized spacial score (nSPS) is 18.8. The van der Waals surface area contributed by atoms with Crippen molar-refractivity contribution in [2.75, 3.05) is 26.7 Å². The molecule has 3 N–H and O–H groups in total. The minimum Gasteiger partial charge on any atom is -0.481 e. The van der Waals surface area contributed by atoms with Crippen molar-refractivity contribution in [1.82, 2.24) is 15.5 Å². The van der Waals surface area contributed by atoms with Crippen molar-refractivity contribution >= 4 is 12.0 Å². The fourth-order valence-corrected chi connectivity index (χ4v) is 2.33. The second-order valence-electron chi connectivity index (χ2n) is 5.43. The smallest absolute Gasteiger partial charge is 0.315 e. The molecule has 0 aromatic heterocycles. The lowest BCUT2D eigenvalue weighted by atomic mass is 9.94. The summed E-state index contributed by atoms with van der Waals surface area (Å²) in [6, 6.07) is -0.623. The maximum absolute atomic E-state index is 11.5. The van der Waals surface area contributed by atoms with Crippen LogP contribution in [0.2, 0.25) is 0 Å². The zero-order valence-electron chi connectivity index (χ0n) is 11.8. The zero-order valence-corrected chi connectivity index (χ0v) is 11.8. The van der Waals surface area contributed by atoms with E-state index < -0.39 is 5.97 Å². The Bertz CT molecular complexity index is 302. The molecule has 0 bridgehead atoms. The van der Waals surface area contributed by atoms with Crippen LogP contribution < -0.4 is 10.6 Å². The molecule has 1 fully saturated rings. The number of nitrogens with one attached hydrogen (secondary N) is 2. The monoisotopic (exact) mass is 271 g/mol. The van der Waals surface area contributed by atoms with E-state index in [0.717, 1.165) is 19.5 Å². The Morgan fingerprint density at radius 3 is 2.58 bits per heavy atom. The molecule has 1 atom stereocenters. The van der Waals surface area contributed by atoms with Gasteiger partial charge in [0.2, 0.25) is 0 Å². The van der Waals surface area contributed by atoms with E-state index >= 15 is 0 Å². The van der Waals surface area contributed by atoms with Crippen molar-refractivity contribution in [3.63, 3.8) is 0 Å². The van der Waals surface area contributed by atoms with Crippen LogP contribution in [0.4, 0.5) is 4.79 Å². The Morgan fingerprint density at radius 1 is 1.37 bits per heavy atom. The van der Waals surface area contributed by atoms with E-state index in [4.69, 9.17) is 5.11 Å². The molecule has 0 aliphatic carbocycles. The number of hydrogen-bond acceptors (Lipinski definition) is 3. The maximum atomic E-state index is 11.5. The molecular formula is C13H25N3O3. The molecule has 19 heavy (non-hydrogen) atoms. The van der Waals surface area contributed by atoms with Gasteiger partial charge in [0, 0.05) is 12.6 Å². The van der Waals surface area contributed by atoms with Gasteiger partial charge in [0.1, 0.15) is 0 Å². The number of piperidine rings is 1. The molecule has 2 amide bonds. The molecule has 1 rings (SSSR count). The number of rotatable bonds is 6. The second-order valence-corrected chi connectivity index (χ2v) is 5.43. The number of amides is 2. The standard InChI is InChI=1S/C13H25N3O3/c1-10(9-12(17)18)15-13(19)14-6-3-11-4-7-16(2)8-5-11/h10-11H,3-9H2,1-2H3,(H,17,18)(H2,14,15,19). The number of carboxylic acid groups (broad SMARTS) is 1. The number of aliphatic carboxylic acids is 1. The van der Waals surface area contributed by atoms with Crippen molar-refractivity contribution in [2.45, 2.75) is 38.6 Å². The molecule has 6 nitrogen and oxygen atoms in total. The van der Waals surface area contributed by atoms with Gasteiger partial charge >= 0.3 is 12.0 Å². The van der Waals surface area contributed by atoms with E-state index in [0.29, 0.717) is 12.5 Å². The van der Waals surface area contributed by atoms with Crippen LogP contribution in [0.1, 0.15) is 32.6 Å². The van der Waals surface area contributed by atoms with E-state index in [1.807, 2.05) is 0 Å². The summed E-state index contributed by atoms with van der Waals surface area (Å²) >= 11 is 0. The van der Waals surface area contributed by atoms with Crippen molar-refractivity contribution in [2.24, 2.45) is 5.92 Å². The Kier molecular flexibility index (Phi) is 6.62. The summed E-state index contributed by atoms with van der Waals surface area (Å²) in [6.07, 6.45) is 3.32. The minimum absolute atomic E-state index is 0.0532. The van der Waals surface area contributed by atoms with Crippen molar-refractivity contribution in [3.05, 3.63) is 0 Å². The first-order chi connectivity index (χ1) is 8.97. The van der Waals surface area contributed by atoms with Gasteiger partial charge in [-0.3, -0.25) is 4.79 Å². The van der Waals surface area contributed by atoms with Gasteiger partial charge in [-0.2, -0.15) is 0 Å². The van der Waals surface area contributed by atoms with Crippen LogP contribution in [0.25, 0.3) is 0 Å². The third-order valence-electron chi connectivity index (χ3n) is 3.53. The molecule has 0 saturated carbocycles. The van der Waals surface area contributed by atoms with E-state index in [1.54, 1.807) is 6.92 Å². The summed E-state index contributed by atoms with van der Waals surface area (Å²) < 4.78 is 0. The van der Waals surface area contributed by atoms with Gasteiger partial charge in [-0.1, -0.05) is 0 Å². The van der Waals surface area contributed by atoms with E-state index in [1.165, 1.54) is 12.8 Å². The molecule has 110 valence electrons. The first kappa shape index (κ1) is 15.8. The van der Waals surface area contributed by atoms with Crippen LogP contribution in [-0.2, 0) is 4.79 Å². The van der Waals surface area contributed by atoms with Gasteiger partial charge < -0.3 is 20.6 Å². The highest BCUT2D eigenvalue weighted by Gasteiger charge is 2.16. The van der Waals surface area contributed by atoms with Gasteiger partial charge in [0.05, 0.1) is 6.42 Å². The highest BCUT2D eigenvalue weighted by Crippen LogP contribution is 2.18. The van der Waals surface area contributed by atoms with Gasteiger partial charge in [0.15, 0.2) is 0 Å². The average molecular weight is 271 g/mol. The number of nitrogens with zero attached hydrogens (tertiary/aromatic N) is 1. The predicted octanol–water partition coefficient (Wildman–Crippen LogP) is 0.881. The molecular weight excluding hydrogens is 246 g/mol. The molecule has 0 aromatic carbocycles. The molecule has 0 radical (unpaired) electrons. The Balaban J connectivity index is 2.08. The first-order valence-corrected chi connectivity index (χ1v) is 6.92. The van der Waals surface area contributed by atoms with Gasteiger partial charge in [-0.15, -0.1) is 0 Å². The van der Waals surface area contributed by atoms with Gasteiger partial charge in [0.25, 0.3) is 0 Å². The predicted molar refractivity (Wildman–Crippen MR) is 73.1 cm³/mol. The molecule has 1 heterocycles. The molecule has 0 aromatic rings. The van der Waals surface area contributed by atoms with Gasteiger partial charge in [-0.05, 0) is 52.2 Å². The summed E-state index contributed by atoms with van der Waals surface area (Å²) in [5, 5.41) is 14.0. The highest BCUT2D eigenvalue weighted by atomic mass is 16.4. The molecule has 1 unspecified atom stereocenters.